The summed E-state index contributed by atoms with van der Waals surface area (Å²) in [5.41, 5.74) is 1.57. The number of carbonyl (C=O) groups excluding carboxylic acids is 2. The third-order valence-electron chi connectivity index (χ3n) is 4.09. The van der Waals surface area contributed by atoms with Crippen molar-refractivity contribution >= 4 is 23.2 Å². The third-order valence-corrected chi connectivity index (χ3v) is 4.09. The number of hydrogen-bond acceptors (Lipinski definition) is 3. The minimum absolute atomic E-state index is 0.0995. The molecule has 0 saturated heterocycles. The number of carbonyl (C=O) groups is 2. The molecule has 1 atom stereocenters. The summed E-state index contributed by atoms with van der Waals surface area (Å²) in [5.74, 6) is -0.222. The number of ether oxygens (including phenoxy) is 1. The second-order valence-corrected chi connectivity index (χ2v) is 5.98. The number of para-hydroxylation sites is 2. The first-order chi connectivity index (χ1) is 12.0. The Morgan fingerprint density at radius 1 is 1.28 bits per heavy atom. The Hall–Kier alpha value is -2.89. The summed E-state index contributed by atoms with van der Waals surface area (Å²) in [7, 11) is 0. The van der Waals surface area contributed by atoms with Crippen molar-refractivity contribution in [2.45, 2.75) is 26.4 Å². The molecule has 1 aliphatic heterocycles. The number of benzene rings is 2. The van der Waals surface area contributed by atoms with Crippen LogP contribution in [0, 0.1) is 12.7 Å². The first-order valence-corrected chi connectivity index (χ1v) is 8.09. The van der Waals surface area contributed by atoms with E-state index in [4.69, 9.17) is 4.74 Å². The van der Waals surface area contributed by atoms with Crippen LogP contribution in [0.25, 0.3) is 0 Å². The Labute approximate surface area is 145 Å². The van der Waals surface area contributed by atoms with Crippen LogP contribution >= 0.6 is 0 Å². The zero-order chi connectivity index (χ0) is 18.0. The van der Waals surface area contributed by atoms with Gasteiger partial charge in [0.05, 0.1) is 5.69 Å². The second kappa shape index (κ2) is 6.93. The molecule has 0 fully saturated rings. The highest BCUT2D eigenvalue weighted by Gasteiger charge is 2.31. The molecule has 130 valence electrons. The fourth-order valence-corrected chi connectivity index (χ4v) is 2.70. The summed E-state index contributed by atoms with van der Waals surface area (Å²) < 4.78 is 19.1. The highest BCUT2D eigenvalue weighted by molar-refractivity contribution is 6.00. The molecule has 1 N–H and O–H groups in total. The lowest BCUT2D eigenvalue weighted by atomic mass is 10.1. The van der Waals surface area contributed by atoms with Crippen LogP contribution in [0.5, 0.6) is 5.75 Å². The van der Waals surface area contributed by atoms with Crippen molar-refractivity contribution in [3.05, 3.63) is 53.8 Å². The van der Waals surface area contributed by atoms with Crippen molar-refractivity contribution in [3.8, 4) is 5.75 Å². The van der Waals surface area contributed by atoms with Gasteiger partial charge in [-0.15, -0.1) is 0 Å². The Bertz CT molecular complexity index is 822. The SMILES string of the molecule is Cc1ccc(NC(=O)CCN2C(=O)[C@H](C)Oc3ccccc32)cc1F. The van der Waals surface area contributed by atoms with Crippen molar-refractivity contribution in [1.29, 1.82) is 0 Å². The zero-order valence-electron chi connectivity index (χ0n) is 14.1. The van der Waals surface area contributed by atoms with E-state index in [9.17, 15) is 14.0 Å². The summed E-state index contributed by atoms with van der Waals surface area (Å²) in [4.78, 5) is 26.1. The first kappa shape index (κ1) is 17.0. The van der Waals surface area contributed by atoms with Gasteiger partial charge in [-0.05, 0) is 43.7 Å². The smallest absolute Gasteiger partial charge is 0.267 e. The number of halogens is 1. The predicted octanol–water partition coefficient (Wildman–Crippen LogP) is 3.28. The lowest BCUT2D eigenvalue weighted by molar-refractivity contribution is -0.125. The fraction of sp³-hybridized carbons (Fsp3) is 0.263. The molecule has 2 amide bonds. The van der Waals surface area contributed by atoms with Crippen LogP contribution in [-0.4, -0.2) is 24.5 Å². The molecule has 1 heterocycles. The van der Waals surface area contributed by atoms with E-state index in [1.54, 1.807) is 43.0 Å². The molecule has 3 rings (SSSR count). The molecule has 2 aromatic carbocycles. The van der Waals surface area contributed by atoms with Crippen molar-refractivity contribution in [2.24, 2.45) is 0 Å². The molecular formula is C19H19FN2O3. The number of aryl methyl sites for hydroxylation is 1. The van der Waals surface area contributed by atoms with Gasteiger partial charge in [0.25, 0.3) is 5.91 Å². The summed E-state index contributed by atoms with van der Waals surface area (Å²) in [5, 5.41) is 2.65. The van der Waals surface area contributed by atoms with Gasteiger partial charge in [-0.3, -0.25) is 9.59 Å². The normalized spacial score (nSPS) is 16.2. The van der Waals surface area contributed by atoms with Crippen LogP contribution in [-0.2, 0) is 9.59 Å². The molecular weight excluding hydrogens is 323 g/mol. The van der Waals surface area contributed by atoms with E-state index in [0.29, 0.717) is 22.7 Å². The van der Waals surface area contributed by atoms with Crippen molar-refractivity contribution in [3.63, 3.8) is 0 Å². The van der Waals surface area contributed by atoms with E-state index in [-0.39, 0.29) is 30.6 Å². The number of amides is 2. The maximum Gasteiger partial charge on any atom is 0.267 e. The van der Waals surface area contributed by atoms with Crippen molar-refractivity contribution in [2.75, 3.05) is 16.8 Å². The number of anilines is 2. The monoisotopic (exact) mass is 342 g/mol. The van der Waals surface area contributed by atoms with Gasteiger partial charge in [0.1, 0.15) is 11.6 Å². The van der Waals surface area contributed by atoms with Crippen LogP contribution in [0.4, 0.5) is 15.8 Å². The van der Waals surface area contributed by atoms with E-state index in [1.807, 2.05) is 12.1 Å². The molecule has 2 aromatic rings. The Balaban J connectivity index is 1.67. The van der Waals surface area contributed by atoms with E-state index < -0.39 is 6.10 Å². The number of fused-ring (bicyclic) bond motifs is 1. The molecule has 5 nitrogen and oxygen atoms in total. The van der Waals surface area contributed by atoms with Crippen molar-refractivity contribution < 1.29 is 18.7 Å². The lowest BCUT2D eigenvalue weighted by Gasteiger charge is -2.32. The van der Waals surface area contributed by atoms with E-state index >= 15 is 0 Å². The Morgan fingerprint density at radius 3 is 2.80 bits per heavy atom. The standard InChI is InChI=1S/C19H19FN2O3/c1-12-7-8-14(11-15(12)20)21-18(23)9-10-22-16-5-3-4-6-17(16)25-13(2)19(22)24/h3-8,11,13H,9-10H2,1-2H3,(H,21,23)/t13-/m0/s1. The molecule has 1 aliphatic rings. The van der Waals surface area contributed by atoms with Gasteiger partial charge in [0.2, 0.25) is 5.91 Å². The highest BCUT2D eigenvalue weighted by atomic mass is 19.1. The average Bonchev–Trinajstić information content (AvgIpc) is 2.58. The molecule has 0 unspecified atom stereocenters. The molecule has 25 heavy (non-hydrogen) atoms. The molecule has 0 saturated carbocycles. The summed E-state index contributed by atoms with van der Waals surface area (Å²) >= 11 is 0. The molecule has 0 aliphatic carbocycles. The molecule has 0 bridgehead atoms. The van der Waals surface area contributed by atoms with Crippen LogP contribution in [0.2, 0.25) is 0 Å². The van der Waals surface area contributed by atoms with Crippen LogP contribution in [0.1, 0.15) is 18.9 Å². The highest BCUT2D eigenvalue weighted by Crippen LogP contribution is 2.33. The quantitative estimate of drug-likeness (QED) is 0.928. The Kier molecular flexibility index (Phi) is 4.70. The molecule has 6 heteroatoms. The number of nitrogens with zero attached hydrogens (tertiary/aromatic N) is 1. The third kappa shape index (κ3) is 3.63. The summed E-state index contributed by atoms with van der Waals surface area (Å²) in [6.07, 6.45) is -0.494. The number of nitrogens with one attached hydrogen (secondary N) is 1. The number of rotatable bonds is 4. The maximum atomic E-state index is 13.5. The topological polar surface area (TPSA) is 58.6 Å². The summed E-state index contributed by atoms with van der Waals surface area (Å²) in [6, 6.07) is 11.8. The predicted molar refractivity (Wildman–Crippen MR) is 93.3 cm³/mol. The van der Waals surface area contributed by atoms with E-state index in [0.717, 1.165) is 0 Å². The fourth-order valence-electron chi connectivity index (χ4n) is 2.70. The van der Waals surface area contributed by atoms with Gasteiger partial charge in [-0.2, -0.15) is 0 Å². The average molecular weight is 342 g/mol. The molecule has 0 radical (unpaired) electrons. The van der Waals surface area contributed by atoms with Crippen LogP contribution < -0.4 is 15.0 Å². The Morgan fingerprint density at radius 2 is 2.04 bits per heavy atom. The number of hydrogen-bond donors (Lipinski definition) is 1. The van der Waals surface area contributed by atoms with E-state index in [1.165, 1.54) is 6.07 Å². The minimum atomic E-state index is -0.593. The minimum Gasteiger partial charge on any atom is -0.479 e. The summed E-state index contributed by atoms with van der Waals surface area (Å²) in [6.45, 7) is 3.56. The van der Waals surface area contributed by atoms with Gasteiger partial charge in [-0.1, -0.05) is 18.2 Å². The maximum absolute atomic E-state index is 13.5. The van der Waals surface area contributed by atoms with Crippen LogP contribution in [0.3, 0.4) is 0 Å². The molecule has 0 spiro atoms. The largest absolute Gasteiger partial charge is 0.479 e. The van der Waals surface area contributed by atoms with Gasteiger partial charge in [-0.25, -0.2) is 4.39 Å². The second-order valence-electron chi connectivity index (χ2n) is 5.98. The van der Waals surface area contributed by atoms with Crippen molar-refractivity contribution in [1.82, 2.24) is 0 Å². The zero-order valence-corrected chi connectivity index (χ0v) is 14.1. The van der Waals surface area contributed by atoms with Gasteiger partial charge >= 0.3 is 0 Å². The lowest BCUT2D eigenvalue weighted by Crippen LogP contribution is -2.45. The van der Waals surface area contributed by atoms with E-state index in [2.05, 4.69) is 5.32 Å². The van der Waals surface area contributed by atoms with Crippen LogP contribution in [0.15, 0.2) is 42.5 Å². The van der Waals surface area contributed by atoms with Gasteiger partial charge in [0.15, 0.2) is 6.10 Å². The van der Waals surface area contributed by atoms with Gasteiger partial charge in [0, 0.05) is 18.7 Å². The van der Waals surface area contributed by atoms with Gasteiger partial charge < -0.3 is 15.0 Å². The first-order valence-electron chi connectivity index (χ1n) is 8.09. The molecule has 0 aromatic heterocycles.